The van der Waals surface area contributed by atoms with Gasteiger partial charge in [-0.2, -0.15) is 0 Å². The van der Waals surface area contributed by atoms with Gasteiger partial charge in [-0.05, 0) is 12.8 Å². The molecule has 1 heterocycles. The van der Waals surface area contributed by atoms with Gasteiger partial charge in [0.1, 0.15) is 0 Å². The van der Waals surface area contributed by atoms with Crippen LogP contribution < -0.4 is 21.3 Å². The van der Waals surface area contributed by atoms with E-state index >= 15 is 0 Å². The molecule has 0 saturated carbocycles. The van der Waals surface area contributed by atoms with Gasteiger partial charge in [0.15, 0.2) is 0 Å². The van der Waals surface area contributed by atoms with Gasteiger partial charge in [0.2, 0.25) is 0 Å². The second kappa shape index (κ2) is 14.6. The van der Waals surface area contributed by atoms with Crippen molar-refractivity contribution in [2.75, 3.05) is 65.4 Å². The lowest BCUT2D eigenvalue weighted by molar-refractivity contribution is 0.190. The maximum absolute atomic E-state index is 12.3. The van der Waals surface area contributed by atoms with E-state index in [1.807, 2.05) is 9.80 Å². The summed E-state index contributed by atoms with van der Waals surface area (Å²) in [6.45, 7) is 11.3. The number of hydrogen-bond acceptors (Lipinski definition) is 4. The number of unbranched alkanes of at least 4 members (excludes halogenated alkanes) is 2. The average molecular weight is 371 g/mol. The Bertz CT molecular complexity index is 346. The highest BCUT2D eigenvalue weighted by atomic mass is 16.2. The molecule has 4 amide bonds. The van der Waals surface area contributed by atoms with Gasteiger partial charge in [0.05, 0.1) is 0 Å². The van der Waals surface area contributed by atoms with Crippen molar-refractivity contribution in [3.05, 3.63) is 0 Å². The molecule has 0 aliphatic carbocycles. The van der Waals surface area contributed by atoms with Crippen LogP contribution >= 0.6 is 0 Å². The lowest BCUT2D eigenvalue weighted by atomic mass is 10.3. The van der Waals surface area contributed by atoms with Gasteiger partial charge in [-0.25, -0.2) is 9.59 Å². The Hall–Kier alpha value is -1.54. The van der Waals surface area contributed by atoms with Crippen LogP contribution in [0.25, 0.3) is 0 Å². The standard InChI is InChI=1S/C18H38N6O2/c1-3-5-7-21-17(25)23-13-9-19-11-15-24(16-12-20-10-14-23)18(26)22-8-6-4-2/h19-20H,3-16H2,1-2H3,(H,21,25)(H,22,26). The lowest BCUT2D eigenvalue weighted by Crippen LogP contribution is -2.50. The monoisotopic (exact) mass is 370 g/mol. The molecule has 152 valence electrons. The maximum Gasteiger partial charge on any atom is 0.317 e. The van der Waals surface area contributed by atoms with E-state index in [0.29, 0.717) is 26.2 Å². The molecule has 0 aromatic rings. The highest BCUT2D eigenvalue weighted by Crippen LogP contribution is 1.94. The molecule has 0 atom stereocenters. The van der Waals surface area contributed by atoms with Crippen LogP contribution in [0.15, 0.2) is 0 Å². The Morgan fingerprint density at radius 3 is 1.38 bits per heavy atom. The zero-order chi connectivity index (χ0) is 19.0. The summed E-state index contributed by atoms with van der Waals surface area (Å²) in [7, 11) is 0. The molecule has 26 heavy (non-hydrogen) atoms. The second-order valence-corrected chi connectivity index (χ2v) is 6.65. The zero-order valence-electron chi connectivity index (χ0n) is 16.6. The number of amides is 4. The van der Waals surface area contributed by atoms with E-state index in [0.717, 1.165) is 65.0 Å². The van der Waals surface area contributed by atoms with Crippen molar-refractivity contribution in [2.24, 2.45) is 0 Å². The Labute approximate surface area is 158 Å². The summed E-state index contributed by atoms with van der Waals surface area (Å²) in [6, 6.07) is 0.0204. The van der Waals surface area contributed by atoms with Crippen molar-refractivity contribution < 1.29 is 9.59 Å². The molecule has 1 saturated heterocycles. The molecule has 0 aromatic carbocycles. The van der Waals surface area contributed by atoms with E-state index in [2.05, 4.69) is 35.1 Å². The molecule has 4 N–H and O–H groups in total. The Balaban J connectivity index is 2.39. The van der Waals surface area contributed by atoms with E-state index in [4.69, 9.17) is 0 Å². The minimum Gasteiger partial charge on any atom is -0.338 e. The third-order valence-corrected chi connectivity index (χ3v) is 4.42. The number of nitrogens with one attached hydrogen (secondary N) is 4. The summed E-state index contributed by atoms with van der Waals surface area (Å²) in [5.74, 6) is 0. The van der Waals surface area contributed by atoms with Crippen molar-refractivity contribution in [3.63, 3.8) is 0 Å². The topological polar surface area (TPSA) is 88.7 Å². The van der Waals surface area contributed by atoms with Gasteiger partial charge in [-0.1, -0.05) is 26.7 Å². The number of nitrogens with zero attached hydrogens (tertiary/aromatic N) is 2. The number of rotatable bonds is 6. The van der Waals surface area contributed by atoms with Crippen molar-refractivity contribution >= 4 is 12.1 Å². The van der Waals surface area contributed by atoms with Gasteiger partial charge in [0.25, 0.3) is 0 Å². The predicted octanol–water partition coefficient (Wildman–Crippen LogP) is 0.803. The first kappa shape index (κ1) is 22.5. The first-order chi connectivity index (χ1) is 12.7. The highest BCUT2D eigenvalue weighted by Gasteiger charge is 2.15. The molecule has 1 fully saturated rings. The number of carbonyl (C=O) groups is 2. The molecule has 1 aliphatic rings. The van der Waals surface area contributed by atoms with Crippen LogP contribution in [-0.4, -0.2) is 87.3 Å². The van der Waals surface area contributed by atoms with Crippen molar-refractivity contribution in [3.8, 4) is 0 Å². The first-order valence-corrected chi connectivity index (χ1v) is 10.2. The SMILES string of the molecule is CCCCNC(=O)N1CCNCCN(C(=O)NCCCC)CCNCC1. The number of carbonyl (C=O) groups excluding carboxylic acids is 2. The second-order valence-electron chi connectivity index (χ2n) is 6.65. The predicted molar refractivity (Wildman–Crippen MR) is 105 cm³/mol. The fourth-order valence-electron chi connectivity index (χ4n) is 2.70. The third-order valence-electron chi connectivity index (χ3n) is 4.42. The molecule has 0 bridgehead atoms. The van der Waals surface area contributed by atoms with Crippen molar-refractivity contribution in [2.45, 2.75) is 39.5 Å². The van der Waals surface area contributed by atoms with Crippen LogP contribution in [-0.2, 0) is 0 Å². The van der Waals surface area contributed by atoms with Gasteiger partial charge in [0, 0.05) is 65.4 Å². The summed E-state index contributed by atoms with van der Waals surface area (Å²) in [5.41, 5.74) is 0. The van der Waals surface area contributed by atoms with Crippen LogP contribution in [0.3, 0.4) is 0 Å². The summed E-state index contributed by atoms with van der Waals surface area (Å²) in [6.07, 6.45) is 4.16. The molecule has 1 rings (SSSR count). The minimum absolute atomic E-state index is 0.0102. The van der Waals surface area contributed by atoms with Crippen molar-refractivity contribution in [1.82, 2.24) is 31.1 Å². The smallest absolute Gasteiger partial charge is 0.317 e. The Kier molecular flexibility index (Phi) is 12.6. The minimum atomic E-state index is 0.0102. The van der Waals surface area contributed by atoms with E-state index in [1.54, 1.807) is 0 Å². The quantitative estimate of drug-likeness (QED) is 0.521. The van der Waals surface area contributed by atoms with Crippen LogP contribution in [0.2, 0.25) is 0 Å². The van der Waals surface area contributed by atoms with E-state index in [1.165, 1.54) is 0 Å². The fourth-order valence-corrected chi connectivity index (χ4v) is 2.70. The molecule has 0 aromatic heterocycles. The third kappa shape index (κ3) is 9.82. The van der Waals surface area contributed by atoms with E-state index in [9.17, 15) is 9.59 Å². The molecule has 0 spiro atoms. The van der Waals surface area contributed by atoms with Crippen LogP contribution in [0, 0.1) is 0 Å². The number of urea groups is 2. The van der Waals surface area contributed by atoms with Gasteiger partial charge >= 0.3 is 12.1 Å². The molecule has 0 radical (unpaired) electrons. The first-order valence-electron chi connectivity index (χ1n) is 10.2. The van der Waals surface area contributed by atoms with Crippen molar-refractivity contribution in [1.29, 1.82) is 0 Å². The summed E-state index contributed by atoms with van der Waals surface area (Å²) < 4.78 is 0. The van der Waals surface area contributed by atoms with Crippen LogP contribution in [0.5, 0.6) is 0 Å². The van der Waals surface area contributed by atoms with Crippen LogP contribution in [0.1, 0.15) is 39.5 Å². The number of hydrogen-bond donors (Lipinski definition) is 4. The Morgan fingerprint density at radius 1 is 0.731 bits per heavy atom. The largest absolute Gasteiger partial charge is 0.338 e. The highest BCUT2D eigenvalue weighted by molar-refractivity contribution is 5.74. The molecule has 8 heteroatoms. The summed E-state index contributed by atoms with van der Waals surface area (Å²) >= 11 is 0. The molecular formula is C18H38N6O2. The lowest BCUT2D eigenvalue weighted by Gasteiger charge is -2.27. The van der Waals surface area contributed by atoms with Gasteiger partial charge < -0.3 is 31.1 Å². The van der Waals surface area contributed by atoms with Gasteiger partial charge in [-0.15, -0.1) is 0 Å². The molecule has 0 unspecified atom stereocenters. The Morgan fingerprint density at radius 2 is 1.08 bits per heavy atom. The summed E-state index contributed by atoms with van der Waals surface area (Å²) in [4.78, 5) is 28.2. The molecule has 1 aliphatic heterocycles. The average Bonchev–Trinajstić information content (AvgIpc) is 2.62. The summed E-state index contributed by atoms with van der Waals surface area (Å²) in [5, 5.41) is 12.7. The normalized spacial score (nSPS) is 17.2. The fraction of sp³-hybridized carbons (Fsp3) is 0.889. The zero-order valence-corrected chi connectivity index (χ0v) is 16.6. The maximum atomic E-state index is 12.3. The van der Waals surface area contributed by atoms with E-state index < -0.39 is 0 Å². The van der Waals surface area contributed by atoms with Crippen LogP contribution in [0.4, 0.5) is 9.59 Å². The van der Waals surface area contributed by atoms with Gasteiger partial charge in [-0.3, -0.25) is 0 Å². The molecule has 8 nitrogen and oxygen atoms in total. The van der Waals surface area contributed by atoms with E-state index in [-0.39, 0.29) is 12.1 Å². The molecular weight excluding hydrogens is 332 g/mol.